The van der Waals surface area contributed by atoms with Gasteiger partial charge in [0.1, 0.15) is 6.33 Å². The van der Waals surface area contributed by atoms with E-state index in [0.717, 1.165) is 43.0 Å². The van der Waals surface area contributed by atoms with Crippen LogP contribution < -0.4 is 10.2 Å². The van der Waals surface area contributed by atoms with Crippen LogP contribution in [0.5, 0.6) is 0 Å². The molecule has 2 amide bonds. The first-order chi connectivity index (χ1) is 21.9. The number of hydrogen-bond donors (Lipinski definition) is 2. The maximum atomic E-state index is 15.2. The summed E-state index contributed by atoms with van der Waals surface area (Å²) in [5.74, 6) is -0.866. The minimum Gasteiger partial charge on any atom is -0.340 e. The van der Waals surface area contributed by atoms with Crippen LogP contribution in [0.2, 0.25) is 5.02 Å². The van der Waals surface area contributed by atoms with Gasteiger partial charge >= 0.3 is 0 Å². The summed E-state index contributed by atoms with van der Waals surface area (Å²) >= 11 is 6.07. The SMILES string of the molecule is CN1CCN(c2ncc3n2CCN(C(=O)C=Cc2c(-n4cnnn4)ccc(Cl)c2F)C3C(=O)Nc2ccc3cn[nH]c3c2)CC1. The molecule has 0 aliphatic carbocycles. The summed E-state index contributed by atoms with van der Waals surface area (Å²) in [7, 11) is 2.08. The van der Waals surface area contributed by atoms with Gasteiger partial charge in [0.05, 0.1) is 34.3 Å². The fourth-order valence-electron chi connectivity index (χ4n) is 5.76. The van der Waals surface area contributed by atoms with Crippen molar-refractivity contribution in [1.29, 1.82) is 0 Å². The third-order valence-corrected chi connectivity index (χ3v) is 8.44. The molecule has 0 saturated carbocycles. The second-order valence-corrected chi connectivity index (χ2v) is 11.3. The van der Waals surface area contributed by atoms with Crippen molar-refractivity contribution in [3.05, 3.63) is 77.2 Å². The van der Waals surface area contributed by atoms with E-state index in [9.17, 15) is 9.59 Å². The average molecular weight is 631 g/mol. The molecule has 5 aromatic rings. The molecular weight excluding hydrogens is 603 g/mol. The Morgan fingerprint density at radius 1 is 1.09 bits per heavy atom. The highest BCUT2D eigenvalue weighted by atomic mass is 35.5. The van der Waals surface area contributed by atoms with Crippen LogP contribution in [0, 0.1) is 5.82 Å². The van der Waals surface area contributed by atoms with Crippen molar-refractivity contribution in [3.8, 4) is 5.69 Å². The van der Waals surface area contributed by atoms with Gasteiger partial charge < -0.3 is 24.6 Å². The van der Waals surface area contributed by atoms with E-state index in [1.54, 1.807) is 30.6 Å². The van der Waals surface area contributed by atoms with E-state index < -0.39 is 23.7 Å². The Morgan fingerprint density at radius 3 is 2.73 bits per heavy atom. The van der Waals surface area contributed by atoms with E-state index >= 15 is 4.39 Å². The van der Waals surface area contributed by atoms with Crippen molar-refractivity contribution in [2.75, 3.05) is 50.0 Å². The third-order valence-electron chi connectivity index (χ3n) is 8.15. The van der Waals surface area contributed by atoms with Gasteiger partial charge in [-0.15, -0.1) is 5.10 Å². The Bertz CT molecular complexity index is 1910. The Labute approximate surface area is 261 Å². The molecule has 2 aromatic carbocycles. The molecule has 45 heavy (non-hydrogen) atoms. The van der Waals surface area contributed by atoms with Gasteiger partial charge in [0.25, 0.3) is 5.91 Å². The Balaban J connectivity index is 1.22. The van der Waals surface area contributed by atoms with Gasteiger partial charge in [-0.3, -0.25) is 14.7 Å². The number of aromatic amines is 1. The first kappa shape index (κ1) is 28.6. The number of aromatic nitrogens is 8. The van der Waals surface area contributed by atoms with Crippen molar-refractivity contribution in [2.24, 2.45) is 0 Å². The van der Waals surface area contributed by atoms with E-state index in [0.29, 0.717) is 23.6 Å². The molecule has 0 bridgehead atoms. The summed E-state index contributed by atoms with van der Waals surface area (Å²) in [4.78, 5) is 38.5. The number of imidazole rings is 1. The van der Waals surface area contributed by atoms with Crippen molar-refractivity contribution in [2.45, 2.75) is 12.6 Å². The number of nitrogens with zero attached hydrogens (tertiary/aromatic N) is 10. The number of hydrogen-bond acceptors (Lipinski definition) is 9. The van der Waals surface area contributed by atoms with Gasteiger partial charge in [-0.2, -0.15) is 9.78 Å². The average Bonchev–Trinajstić information content (AvgIpc) is 3.83. The van der Waals surface area contributed by atoms with E-state index in [1.165, 1.54) is 34.1 Å². The zero-order chi connectivity index (χ0) is 31.1. The molecule has 14 nitrogen and oxygen atoms in total. The number of halogens is 2. The maximum absolute atomic E-state index is 15.2. The minimum absolute atomic E-state index is 0.0245. The van der Waals surface area contributed by atoms with Crippen LogP contribution in [-0.2, 0) is 16.1 Å². The third kappa shape index (κ3) is 5.40. The Kier molecular flexibility index (Phi) is 7.47. The lowest BCUT2D eigenvalue weighted by atomic mass is 10.1. The lowest BCUT2D eigenvalue weighted by Crippen LogP contribution is -2.48. The van der Waals surface area contributed by atoms with Gasteiger partial charge in [0, 0.05) is 62.0 Å². The molecule has 2 aliphatic rings. The fourth-order valence-corrected chi connectivity index (χ4v) is 5.92. The largest absolute Gasteiger partial charge is 0.340 e. The Morgan fingerprint density at radius 2 is 1.93 bits per heavy atom. The van der Waals surface area contributed by atoms with Crippen molar-refractivity contribution < 1.29 is 14.0 Å². The van der Waals surface area contributed by atoms with Crippen LogP contribution in [0.25, 0.3) is 22.7 Å². The predicted octanol–water partition coefficient (Wildman–Crippen LogP) is 2.51. The molecule has 1 saturated heterocycles. The molecule has 16 heteroatoms. The van der Waals surface area contributed by atoms with Gasteiger partial charge in [0.15, 0.2) is 11.9 Å². The standard InChI is InChI=1S/C29H28ClFN12O2/c1-39-8-10-40(11-9-39)29-32-16-24-27(28(45)35-19-3-2-18-15-33-36-22(18)14-19)42(13-12-41(24)29)25(44)7-4-20-23(43-17-34-37-38-43)6-5-21(30)26(20)31/h2-7,14-17,27H,8-13H2,1H3,(H,33,36)(H,35,45). The quantitative estimate of drug-likeness (QED) is 0.270. The number of tetrazole rings is 1. The molecule has 5 heterocycles. The lowest BCUT2D eigenvalue weighted by molar-refractivity contribution is -0.136. The lowest BCUT2D eigenvalue weighted by Gasteiger charge is -2.38. The summed E-state index contributed by atoms with van der Waals surface area (Å²) in [5.41, 5.74) is 2.21. The molecule has 1 unspecified atom stereocenters. The molecule has 2 aliphatic heterocycles. The van der Waals surface area contributed by atoms with Crippen molar-refractivity contribution in [3.63, 3.8) is 0 Å². The molecule has 0 radical (unpaired) electrons. The second-order valence-electron chi connectivity index (χ2n) is 10.9. The first-order valence-electron chi connectivity index (χ1n) is 14.3. The molecule has 1 atom stereocenters. The number of fused-ring (bicyclic) bond motifs is 2. The van der Waals surface area contributed by atoms with E-state index in [4.69, 9.17) is 16.6 Å². The minimum atomic E-state index is -1.01. The van der Waals surface area contributed by atoms with Gasteiger partial charge in [0.2, 0.25) is 11.9 Å². The number of piperazine rings is 1. The molecule has 7 rings (SSSR count). The van der Waals surface area contributed by atoms with Gasteiger partial charge in [-0.1, -0.05) is 11.6 Å². The highest BCUT2D eigenvalue weighted by Gasteiger charge is 2.38. The van der Waals surface area contributed by atoms with Crippen molar-refractivity contribution >= 4 is 52.0 Å². The highest BCUT2D eigenvalue weighted by molar-refractivity contribution is 6.31. The summed E-state index contributed by atoms with van der Waals surface area (Å²) in [6.45, 7) is 4.04. The summed E-state index contributed by atoms with van der Waals surface area (Å²) in [6.07, 6.45) is 7.22. The fraction of sp³-hybridized carbons (Fsp3) is 0.276. The van der Waals surface area contributed by atoms with Crippen LogP contribution in [0.4, 0.5) is 16.0 Å². The predicted molar refractivity (Wildman–Crippen MR) is 164 cm³/mol. The van der Waals surface area contributed by atoms with Crippen LogP contribution >= 0.6 is 11.6 Å². The molecule has 230 valence electrons. The van der Waals surface area contributed by atoms with Crippen LogP contribution in [0.15, 0.2) is 55.1 Å². The first-order valence-corrected chi connectivity index (χ1v) is 14.7. The molecule has 1 fully saturated rings. The number of carbonyl (C=O) groups excluding carboxylic acids is 2. The normalized spacial score (nSPS) is 17.3. The zero-order valence-corrected chi connectivity index (χ0v) is 24.9. The van der Waals surface area contributed by atoms with Gasteiger partial charge in [-0.25, -0.2) is 9.37 Å². The van der Waals surface area contributed by atoms with Gasteiger partial charge in [-0.05, 0) is 53.9 Å². The molecular formula is C29H28ClFN12O2. The summed E-state index contributed by atoms with van der Waals surface area (Å²) in [6, 6.07) is 7.34. The topological polar surface area (TPSA) is 146 Å². The summed E-state index contributed by atoms with van der Waals surface area (Å²) in [5, 5.41) is 21.7. The number of benzene rings is 2. The zero-order valence-electron chi connectivity index (χ0n) is 24.1. The van der Waals surface area contributed by atoms with E-state index in [-0.39, 0.29) is 17.1 Å². The highest BCUT2D eigenvalue weighted by Crippen LogP contribution is 2.32. The molecule has 3 aromatic heterocycles. The second kappa shape index (κ2) is 11.7. The Hall–Kier alpha value is -5.15. The molecule has 0 spiro atoms. The van der Waals surface area contributed by atoms with E-state index in [1.807, 2.05) is 10.6 Å². The number of rotatable bonds is 6. The van der Waals surface area contributed by atoms with Crippen molar-refractivity contribution in [1.82, 2.24) is 49.8 Å². The van der Waals surface area contributed by atoms with Crippen LogP contribution in [0.3, 0.4) is 0 Å². The number of carbonyl (C=O) groups is 2. The summed E-state index contributed by atoms with van der Waals surface area (Å²) < 4.78 is 18.5. The maximum Gasteiger partial charge on any atom is 0.253 e. The number of H-pyrrole nitrogens is 1. The number of likely N-dealkylation sites (N-methyl/N-ethyl adjacent to an activating group) is 1. The molecule has 2 N–H and O–H groups in total. The number of anilines is 2. The van der Waals surface area contributed by atoms with E-state index in [2.05, 4.69) is 47.9 Å². The van der Waals surface area contributed by atoms with Crippen LogP contribution in [0.1, 0.15) is 17.3 Å². The van der Waals surface area contributed by atoms with Crippen LogP contribution in [-0.4, -0.2) is 101 Å². The number of amides is 2. The number of nitrogens with one attached hydrogen (secondary N) is 2. The smallest absolute Gasteiger partial charge is 0.253 e. The monoisotopic (exact) mass is 630 g/mol.